The van der Waals surface area contributed by atoms with Gasteiger partial charge in [-0.05, 0) is 33.3 Å². The van der Waals surface area contributed by atoms with E-state index in [9.17, 15) is 9.90 Å². The van der Waals surface area contributed by atoms with Crippen molar-refractivity contribution >= 4 is 5.97 Å². The number of esters is 1. The van der Waals surface area contributed by atoms with Crippen molar-refractivity contribution in [3.63, 3.8) is 0 Å². The number of rotatable bonds is 3. The Morgan fingerprint density at radius 2 is 1.76 bits per heavy atom. The maximum atomic E-state index is 12.0. The fraction of sp³-hybridized carbons (Fsp3) is 0.500. The van der Waals surface area contributed by atoms with Gasteiger partial charge >= 0.3 is 5.97 Å². The third-order valence-electron chi connectivity index (χ3n) is 2.30. The Kier molecular flexibility index (Phi) is 4.29. The second kappa shape index (κ2) is 5.32. The topological polar surface area (TPSA) is 46.5 Å². The highest BCUT2D eigenvalue weighted by Gasteiger charge is 2.30. The summed E-state index contributed by atoms with van der Waals surface area (Å²) in [7, 11) is 0. The lowest BCUT2D eigenvalue weighted by atomic mass is 9.94. The predicted molar refractivity (Wildman–Crippen MR) is 66.7 cm³/mol. The molecule has 1 aromatic carbocycles. The van der Waals surface area contributed by atoms with E-state index in [1.807, 2.05) is 51.1 Å². The summed E-state index contributed by atoms with van der Waals surface area (Å²) in [6.45, 7) is 7.04. The third-order valence-corrected chi connectivity index (χ3v) is 2.30. The van der Waals surface area contributed by atoms with Gasteiger partial charge in [0.2, 0.25) is 0 Å². The number of hydrogen-bond donors (Lipinski definition) is 1. The summed E-state index contributed by atoms with van der Waals surface area (Å²) in [4.78, 5) is 12.0. The molecule has 0 aromatic heterocycles. The zero-order valence-electron chi connectivity index (χ0n) is 10.8. The minimum Gasteiger partial charge on any atom is -0.459 e. The van der Waals surface area contributed by atoms with Crippen molar-refractivity contribution in [1.82, 2.24) is 0 Å². The van der Waals surface area contributed by atoms with E-state index in [4.69, 9.17) is 4.74 Å². The maximum Gasteiger partial charge on any atom is 0.316 e. The molecule has 1 N–H and O–H groups in total. The molecular weight excluding hydrogens is 216 g/mol. The zero-order valence-corrected chi connectivity index (χ0v) is 10.8. The van der Waals surface area contributed by atoms with E-state index >= 15 is 0 Å². The van der Waals surface area contributed by atoms with Gasteiger partial charge < -0.3 is 9.84 Å². The first-order valence-corrected chi connectivity index (χ1v) is 5.77. The van der Waals surface area contributed by atoms with Crippen LogP contribution in [0.1, 0.15) is 39.2 Å². The molecule has 1 unspecified atom stereocenters. The van der Waals surface area contributed by atoms with Crippen molar-refractivity contribution in [2.45, 2.75) is 45.3 Å². The van der Waals surface area contributed by atoms with Gasteiger partial charge in [-0.25, -0.2) is 0 Å². The second-order valence-corrected chi connectivity index (χ2v) is 5.16. The van der Waals surface area contributed by atoms with Crippen LogP contribution in [0.2, 0.25) is 0 Å². The van der Waals surface area contributed by atoms with E-state index in [1.165, 1.54) is 0 Å². The first-order chi connectivity index (χ1) is 7.81. The van der Waals surface area contributed by atoms with Crippen LogP contribution < -0.4 is 0 Å². The molecule has 3 heteroatoms. The number of aliphatic hydroxyl groups excluding tert-OH is 1. The highest BCUT2D eigenvalue weighted by molar-refractivity contribution is 5.79. The van der Waals surface area contributed by atoms with E-state index in [0.717, 1.165) is 5.56 Å². The van der Waals surface area contributed by atoms with E-state index in [2.05, 4.69) is 0 Å². The average molecular weight is 236 g/mol. The van der Waals surface area contributed by atoms with Crippen molar-refractivity contribution in [2.24, 2.45) is 0 Å². The molecule has 0 aliphatic carbocycles. The molecule has 0 aliphatic heterocycles. The van der Waals surface area contributed by atoms with Gasteiger partial charge in [0.05, 0.1) is 6.10 Å². The molecule has 0 bridgehead atoms. The molecule has 94 valence electrons. The Balaban J connectivity index is 2.92. The number of aliphatic hydroxyl groups is 1. The highest BCUT2D eigenvalue weighted by Crippen LogP contribution is 2.23. The van der Waals surface area contributed by atoms with Crippen LogP contribution in [0.5, 0.6) is 0 Å². The van der Waals surface area contributed by atoms with Crippen LogP contribution in [0.4, 0.5) is 0 Å². The molecule has 1 aromatic rings. The quantitative estimate of drug-likeness (QED) is 0.820. The van der Waals surface area contributed by atoms with Gasteiger partial charge in [0.25, 0.3) is 0 Å². The van der Waals surface area contributed by atoms with Crippen LogP contribution in [0, 0.1) is 0 Å². The summed E-state index contributed by atoms with van der Waals surface area (Å²) in [5, 5.41) is 9.73. The first kappa shape index (κ1) is 13.7. The first-order valence-electron chi connectivity index (χ1n) is 5.77. The van der Waals surface area contributed by atoms with Crippen molar-refractivity contribution in [1.29, 1.82) is 0 Å². The molecule has 0 saturated carbocycles. The van der Waals surface area contributed by atoms with Gasteiger partial charge in [0.15, 0.2) is 0 Å². The van der Waals surface area contributed by atoms with Crippen molar-refractivity contribution < 1.29 is 14.6 Å². The number of benzene rings is 1. The fourth-order valence-electron chi connectivity index (χ4n) is 1.64. The maximum absolute atomic E-state index is 12.0. The normalized spacial score (nSPS) is 15.1. The Morgan fingerprint density at radius 3 is 2.18 bits per heavy atom. The van der Waals surface area contributed by atoms with Crippen LogP contribution in [0.3, 0.4) is 0 Å². The number of carbonyl (C=O) groups excluding carboxylic acids is 1. The number of carbonyl (C=O) groups is 1. The van der Waals surface area contributed by atoms with E-state index in [0.29, 0.717) is 0 Å². The number of hydrogen-bond acceptors (Lipinski definition) is 3. The standard InChI is InChI=1S/C14H20O3/c1-10(15)12(11-8-6-5-7-9-11)13(16)17-14(2,3)4/h5-10,12,15H,1-4H3/t10?,12-/m1/s1. The van der Waals surface area contributed by atoms with Gasteiger partial charge in [-0.3, -0.25) is 4.79 Å². The van der Waals surface area contributed by atoms with Gasteiger partial charge in [0.1, 0.15) is 11.5 Å². The molecule has 0 heterocycles. The van der Waals surface area contributed by atoms with Crippen LogP contribution >= 0.6 is 0 Å². The van der Waals surface area contributed by atoms with Crippen LogP contribution in [-0.4, -0.2) is 22.8 Å². The van der Waals surface area contributed by atoms with Gasteiger partial charge in [-0.15, -0.1) is 0 Å². The molecule has 3 nitrogen and oxygen atoms in total. The van der Waals surface area contributed by atoms with E-state index < -0.39 is 23.6 Å². The van der Waals surface area contributed by atoms with Gasteiger partial charge in [-0.2, -0.15) is 0 Å². The fourth-order valence-corrected chi connectivity index (χ4v) is 1.64. The second-order valence-electron chi connectivity index (χ2n) is 5.16. The monoisotopic (exact) mass is 236 g/mol. The van der Waals surface area contributed by atoms with Crippen LogP contribution in [0.15, 0.2) is 30.3 Å². The van der Waals surface area contributed by atoms with Crippen molar-refractivity contribution in [3.8, 4) is 0 Å². The Labute approximate surface area is 102 Å². The molecule has 2 atom stereocenters. The van der Waals surface area contributed by atoms with E-state index in [-0.39, 0.29) is 0 Å². The molecular formula is C14H20O3. The Morgan fingerprint density at radius 1 is 1.24 bits per heavy atom. The molecule has 1 rings (SSSR count). The lowest BCUT2D eigenvalue weighted by Crippen LogP contribution is -2.32. The Hall–Kier alpha value is -1.35. The zero-order chi connectivity index (χ0) is 13.1. The molecule has 0 fully saturated rings. The van der Waals surface area contributed by atoms with Crippen LogP contribution in [-0.2, 0) is 9.53 Å². The summed E-state index contributed by atoms with van der Waals surface area (Å²) in [5.41, 5.74) is 0.232. The predicted octanol–water partition coefficient (Wildman–Crippen LogP) is 2.49. The summed E-state index contributed by atoms with van der Waals surface area (Å²) in [6.07, 6.45) is -0.771. The van der Waals surface area contributed by atoms with Crippen molar-refractivity contribution in [2.75, 3.05) is 0 Å². The molecule has 0 saturated heterocycles. The molecule has 0 amide bonds. The highest BCUT2D eigenvalue weighted by atomic mass is 16.6. The molecule has 0 radical (unpaired) electrons. The smallest absolute Gasteiger partial charge is 0.316 e. The molecule has 0 aliphatic rings. The SMILES string of the molecule is CC(O)[C@@H](C(=O)OC(C)(C)C)c1ccccc1. The summed E-state index contributed by atoms with van der Waals surface area (Å²) in [6, 6.07) is 9.20. The Bertz CT molecular complexity index is 363. The molecule has 0 spiro atoms. The minimum atomic E-state index is -0.771. The third kappa shape index (κ3) is 4.19. The van der Waals surface area contributed by atoms with Crippen molar-refractivity contribution in [3.05, 3.63) is 35.9 Å². The summed E-state index contributed by atoms with van der Waals surface area (Å²) in [5.74, 6) is -1.02. The van der Waals surface area contributed by atoms with Gasteiger partial charge in [-0.1, -0.05) is 30.3 Å². The summed E-state index contributed by atoms with van der Waals surface area (Å²) >= 11 is 0. The average Bonchev–Trinajstić information content (AvgIpc) is 2.15. The lowest BCUT2D eigenvalue weighted by Gasteiger charge is -2.25. The number of ether oxygens (including phenoxy) is 1. The van der Waals surface area contributed by atoms with Gasteiger partial charge in [0, 0.05) is 0 Å². The minimum absolute atomic E-state index is 0.390. The largest absolute Gasteiger partial charge is 0.459 e. The molecule has 17 heavy (non-hydrogen) atoms. The summed E-state index contributed by atoms with van der Waals surface area (Å²) < 4.78 is 5.32. The van der Waals surface area contributed by atoms with E-state index in [1.54, 1.807) is 6.92 Å². The van der Waals surface area contributed by atoms with Crippen LogP contribution in [0.25, 0.3) is 0 Å². The lowest BCUT2D eigenvalue weighted by molar-refractivity contribution is -0.159.